The summed E-state index contributed by atoms with van der Waals surface area (Å²) in [5.74, 6) is 1.94. The van der Waals surface area contributed by atoms with Crippen LogP contribution in [-0.2, 0) is 6.54 Å². The van der Waals surface area contributed by atoms with Crippen LogP contribution in [0.1, 0.15) is 23.2 Å². The maximum Gasteiger partial charge on any atom is 0.289 e. The van der Waals surface area contributed by atoms with Crippen LogP contribution in [-0.4, -0.2) is 36.7 Å². The molecule has 0 bridgehead atoms. The van der Waals surface area contributed by atoms with Gasteiger partial charge in [0, 0.05) is 18.2 Å². The van der Waals surface area contributed by atoms with Crippen molar-refractivity contribution in [1.82, 2.24) is 10.1 Å². The zero-order valence-corrected chi connectivity index (χ0v) is 14.9. The van der Waals surface area contributed by atoms with Crippen LogP contribution in [0.15, 0.2) is 51.6 Å². The number of nitrogens with zero attached hydrogens (tertiary/aromatic N) is 2. The number of carbonyl (C=O) groups is 1. The molecule has 2 aromatic heterocycles. The highest BCUT2D eigenvalue weighted by Gasteiger charge is 2.19. The van der Waals surface area contributed by atoms with Crippen molar-refractivity contribution in [3.05, 3.63) is 54.1 Å². The maximum absolute atomic E-state index is 12.4. The minimum absolute atomic E-state index is 0.187. The molecular formula is C19H20N2O5. The van der Waals surface area contributed by atoms with E-state index >= 15 is 0 Å². The highest BCUT2D eigenvalue weighted by molar-refractivity contribution is 5.91. The van der Waals surface area contributed by atoms with E-state index < -0.39 is 0 Å². The van der Waals surface area contributed by atoms with Gasteiger partial charge in [0.2, 0.25) is 0 Å². The van der Waals surface area contributed by atoms with Crippen molar-refractivity contribution < 1.29 is 23.2 Å². The number of carbonyl (C=O) groups excluding carboxylic acids is 1. The van der Waals surface area contributed by atoms with Crippen molar-refractivity contribution in [3.63, 3.8) is 0 Å². The van der Waals surface area contributed by atoms with Gasteiger partial charge in [-0.15, -0.1) is 0 Å². The third-order valence-corrected chi connectivity index (χ3v) is 3.98. The minimum Gasteiger partial charge on any atom is -0.493 e. The van der Waals surface area contributed by atoms with Gasteiger partial charge in [0.05, 0.1) is 27.0 Å². The molecule has 0 saturated heterocycles. The van der Waals surface area contributed by atoms with E-state index in [1.807, 2.05) is 19.1 Å². The van der Waals surface area contributed by atoms with E-state index in [0.29, 0.717) is 41.8 Å². The second-order valence-electron chi connectivity index (χ2n) is 5.55. The second-order valence-corrected chi connectivity index (χ2v) is 5.55. The summed E-state index contributed by atoms with van der Waals surface area (Å²) in [6, 6.07) is 10.6. The van der Waals surface area contributed by atoms with Gasteiger partial charge in [0.1, 0.15) is 5.69 Å². The van der Waals surface area contributed by atoms with E-state index in [2.05, 4.69) is 5.16 Å². The van der Waals surface area contributed by atoms with Crippen LogP contribution in [0.2, 0.25) is 0 Å². The van der Waals surface area contributed by atoms with Gasteiger partial charge in [-0.25, -0.2) is 0 Å². The number of furan rings is 1. The van der Waals surface area contributed by atoms with Crippen molar-refractivity contribution in [1.29, 1.82) is 0 Å². The summed E-state index contributed by atoms with van der Waals surface area (Å²) >= 11 is 0. The first-order chi connectivity index (χ1) is 12.7. The summed E-state index contributed by atoms with van der Waals surface area (Å²) in [7, 11) is 3.16. The Balaban J connectivity index is 1.78. The molecule has 0 aliphatic carbocycles. The van der Waals surface area contributed by atoms with E-state index in [1.54, 1.807) is 43.4 Å². The van der Waals surface area contributed by atoms with Crippen LogP contribution in [0.4, 0.5) is 0 Å². The van der Waals surface area contributed by atoms with E-state index in [0.717, 1.165) is 5.56 Å². The number of methoxy groups -OCH3 is 2. The standard InChI is InChI=1S/C19H20N2O5/c1-4-21(19(22)16-6-5-9-25-16)12-14-11-17(26-20-14)13-7-8-15(23-2)18(10-13)24-3/h5-11H,4,12H2,1-3H3. The lowest BCUT2D eigenvalue weighted by Crippen LogP contribution is -2.30. The number of amides is 1. The monoisotopic (exact) mass is 356 g/mol. The smallest absolute Gasteiger partial charge is 0.289 e. The predicted molar refractivity (Wildman–Crippen MR) is 94.2 cm³/mol. The molecule has 7 heteroatoms. The summed E-state index contributed by atoms with van der Waals surface area (Å²) in [4.78, 5) is 14.0. The van der Waals surface area contributed by atoms with Gasteiger partial charge < -0.3 is 23.3 Å². The fourth-order valence-corrected chi connectivity index (χ4v) is 2.59. The molecule has 0 spiro atoms. The van der Waals surface area contributed by atoms with Crippen LogP contribution in [0, 0.1) is 0 Å². The van der Waals surface area contributed by atoms with E-state index in [-0.39, 0.29) is 5.91 Å². The summed E-state index contributed by atoms with van der Waals surface area (Å²) in [5, 5.41) is 4.07. The van der Waals surface area contributed by atoms with Crippen LogP contribution in [0.5, 0.6) is 11.5 Å². The third kappa shape index (κ3) is 3.56. The maximum atomic E-state index is 12.4. The van der Waals surface area contributed by atoms with E-state index in [1.165, 1.54) is 6.26 Å². The van der Waals surface area contributed by atoms with Gasteiger partial charge in [-0.2, -0.15) is 0 Å². The number of hydrogen-bond donors (Lipinski definition) is 0. The van der Waals surface area contributed by atoms with E-state index in [9.17, 15) is 4.79 Å². The van der Waals surface area contributed by atoms with Crippen LogP contribution in [0.3, 0.4) is 0 Å². The molecule has 0 aliphatic rings. The number of ether oxygens (including phenoxy) is 2. The number of benzene rings is 1. The van der Waals surface area contributed by atoms with Crippen molar-refractivity contribution in [2.45, 2.75) is 13.5 Å². The van der Waals surface area contributed by atoms with Crippen molar-refractivity contribution in [2.75, 3.05) is 20.8 Å². The molecule has 0 atom stereocenters. The van der Waals surface area contributed by atoms with Gasteiger partial charge >= 0.3 is 0 Å². The van der Waals surface area contributed by atoms with Crippen LogP contribution >= 0.6 is 0 Å². The highest BCUT2D eigenvalue weighted by atomic mass is 16.5. The first-order valence-electron chi connectivity index (χ1n) is 8.17. The van der Waals surface area contributed by atoms with Gasteiger partial charge in [-0.3, -0.25) is 4.79 Å². The average Bonchev–Trinajstić information content (AvgIpc) is 3.37. The van der Waals surface area contributed by atoms with Crippen molar-refractivity contribution in [3.8, 4) is 22.8 Å². The normalized spacial score (nSPS) is 10.6. The largest absolute Gasteiger partial charge is 0.493 e. The Morgan fingerprint density at radius 3 is 2.62 bits per heavy atom. The molecule has 7 nitrogen and oxygen atoms in total. The predicted octanol–water partition coefficient (Wildman–Crippen LogP) is 3.61. The topological polar surface area (TPSA) is 77.9 Å². The highest BCUT2D eigenvalue weighted by Crippen LogP contribution is 2.32. The van der Waals surface area contributed by atoms with Gasteiger partial charge in [0.25, 0.3) is 5.91 Å². The second kappa shape index (κ2) is 7.77. The van der Waals surface area contributed by atoms with Crippen molar-refractivity contribution >= 4 is 5.91 Å². The number of aromatic nitrogens is 1. The molecule has 0 aliphatic heterocycles. The SMILES string of the molecule is CCN(Cc1cc(-c2ccc(OC)c(OC)c2)on1)C(=O)c1ccco1. The molecule has 3 rings (SSSR count). The van der Waals surface area contributed by atoms with Gasteiger partial charge in [-0.1, -0.05) is 5.16 Å². The Kier molecular flexibility index (Phi) is 5.26. The quantitative estimate of drug-likeness (QED) is 0.643. The number of hydrogen-bond acceptors (Lipinski definition) is 6. The Labute approximate surface area is 151 Å². The lowest BCUT2D eigenvalue weighted by molar-refractivity contribution is 0.0717. The summed E-state index contributed by atoms with van der Waals surface area (Å²) in [5.41, 5.74) is 1.46. The molecule has 0 fully saturated rings. The first-order valence-corrected chi connectivity index (χ1v) is 8.17. The zero-order chi connectivity index (χ0) is 18.5. The minimum atomic E-state index is -0.187. The summed E-state index contributed by atoms with van der Waals surface area (Å²) in [6.45, 7) is 2.75. The lowest BCUT2D eigenvalue weighted by atomic mass is 10.1. The van der Waals surface area contributed by atoms with Gasteiger partial charge in [0.15, 0.2) is 23.0 Å². The third-order valence-electron chi connectivity index (χ3n) is 3.98. The Hall–Kier alpha value is -3.22. The molecular weight excluding hydrogens is 336 g/mol. The molecule has 1 amide bonds. The Morgan fingerprint density at radius 2 is 1.96 bits per heavy atom. The van der Waals surface area contributed by atoms with E-state index in [4.69, 9.17) is 18.4 Å². The zero-order valence-electron chi connectivity index (χ0n) is 14.9. The summed E-state index contributed by atoms with van der Waals surface area (Å²) < 4.78 is 21.2. The molecule has 0 unspecified atom stereocenters. The molecule has 1 aromatic carbocycles. The molecule has 2 heterocycles. The van der Waals surface area contributed by atoms with Crippen LogP contribution < -0.4 is 9.47 Å². The Morgan fingerprint density at radius 1 is 1.15 bits per heavy atom. The molecule has 0 saturated carbocycles. The fourth-order valence-electron chi connectivity index (χ4n) is 2.59. The lowest BCUT2D eigenvalue weighted by Gasteiger charge is -2.17. The average molecular weight is 356 g/mol. The van der Waals surface area contributed by atoms with Crippen molar-refractivity contribution in [2.24, 2.45) is 0 Å². The van der Waals surface area contributed by atoms with Gasteiger partial charge in [-0.05, 0) is 37.3 Å². The molecule has 0 radical (unpaired) electrons. The fraction of sp³-hybridized carbons (Fsp3) is 0.263. The molecule has 0 N–H and O–H groups in total. The Bertz CT molecular complexity index is 870. The molecule has 136 valence electrons. The molecule has 3 aromatic rings. The molecule has 26 heavy (non-hydrogen) atoms. The first kappa shape index (κ1) is 17.6. The summed E-state index contributed by atoms with van der Waals surface area (Å²) in [6.07, 6.45) is 1.48. The number of rotatable bonds is 7. The van der Waals surface area contributed by atoms with Crippen LogP contribution in [0.25, 0.3) is 11.3 Å².